The Kier molecular flexibility index (Phi) is 2.88. The normalized spacial score (nSPS) is 11.5. The quantitative estimate of drug-likeness (QED) is 0.530. The van der Waals surface area contributed by atoms with Crippen LogP contribution in [0.4, 0.5) is 5.69 Å². The standard InChI is InChI=1S/C12H8N2S3/c15-12-14-10-4-3-8(6-11(10)17-12)13-7-9-2-1-5-16-9/h1-7H,(H,14,15). The highest BCUT2D eigenvalue weighted by Gasteiger charge is 1.98. The monoisotopic (exact) mass is 276 g/mol. The Hall–Kier alpha value is -1.30. The first-order valence-electron chi connectivity index (χ1n) is 5.02. The number of aromatic nitrogens is 1. The van der Waals surface area contributed by atoms with E-state index in [9.17, 15) is 0 Å². The molecule has 84 valence electrons. The number of nitrogens with one attached hydrogen (secondary N) is 1. The summed E-state index contributed by atoms with van der Waals surface area (Å²) in [5.74, 6) is 0. The molecule has 1 N–H and O–H groups in total. The number of nitrogens with zero attached hydrogens (tertiary/aromatic N) is 1. The van der Waals surface area contributed by atoms with Gasteiger partial charge in [-0.05, 0) is 41.9 Å². The van der Waals surface area contributed by atoms with Crippen LogP contribution in [0.5, 0.6) is 0 Å². The number of aromatic amines is 1. The van der Waals surface area contributed by atoms with Crippen molar-refractivity contribution in [2.75, 3.05) is 0 Å². The number of rotatable bonds is 2. The number of hydrogen-bond donors (Lipinski definition) is 1. The molecule has 0 aliphatic rings. The van der Waals surface area contributed by atoms with E-state index in [1.54, 1.807) is 22.7 Å². The van der Waals surface area contributed by atoms with Gasteiger partial charge in [-0.25, -0.2) is 0 Å². The summed E-state index contributed by atoms with van der Waals surface area (Å²) in [7, 11) is 0. The van der Waals surface area contributed by atoms with Crippen LogP contribution in [0.3, 0.4) is 0 Å². The van der Waals surface area contributed by atoms with Gasteiger partial charge >= 0.3 is 0 Å². The van der Waals surface area contributed by atoms with Crippen molar-refractivity contribution in [3.05, 3.63) is 44.5 Å². The number of fused-ring (bicyclic) bond motifs is 1. The molecular weight excluding hydrogens is 268 g/mol. The van der Waals surface area contributed by atoms with Crippen LogP contribution in [0.25, 0.3) is 10.2 Å². The largest absolute Gasteiger partial charge is 0.337 e. The Morgan fingerprint density at radius 1 is 1.29 bits per heavy atom. The molecule has 2 nitrogen and oxygen atoms in total. The van der Waals surface area contributed by atoms with Gasteiger partial charge in [0.25, 0.3) is 0 Å². The zero-order valence-electron chi connectivity index (χ0n) is 8.71. The lowest BCUT2D eigenvalue weighted by Gasteiger charge is -1.92. The number of hydrogen-bond acceptors (Lipinski definition) is 4. The van der Waals surface area contributed by atoms with Gasteiger partial charge in [0.2, 0.25) is 0 Å². The van der Waals surface area contributed by atoms with Crippen LogP contribution in [0, 0.1) is 3.95 Å². The van der Waals surface area contributed by atoms with E-state index in [1.807, 2.05) is 35.9 Å². The second-order valence-electron chi connectivity index (χ2n) is 3.47. The van der Waals surface area contributed by atoms with E-state index in [2.05, 4.69) is 16.0 Å². The van der Waals surface area contributed by atoms with Gasteiger partial charge in [0, 0.05) is 11.1 Å². The van der Waals surface area contributed by atoms with Gasteiger partial charge in [-0.2, -0.15) is 0 Å². The zero-order valence-corrected chi connectivity index (χ0v) is 11.2. The summed E-state index contributed by atoms with van der Waals surface area (Å²) in [5.41, 5.74) is 2.03. The second kappa shape index (κ2) is 4.52. The van der Waals surface area contributed by atoms with Crippen LogP contribution in [0.15, 0.2) is 40.7 Å². The maximum absolute atomic E-state index is 5.11. The maximum Gasteiger partial charge on any atom is 0.159 e. The minimum Gasteiger partial charge on any atom is -0.337 e. The van der Waals surface area contributed by atoms with E-state index in [0.29, 0.717) is 0 Å². The molecule has 0 radical (unpaired) electrons. The third kappa shape index (κ3) is 2.36. The highest BCUT2D eigenvalue weighted by atomic mass is 32.1. The molecule has 2 aromatic heterocycles. The predicted molar refractivity (Wildman–Crippen MR) is 78.6 cm³/mol. The second-order valence-corrected chi connectivity index (χ2v) is 6.17. The fourth-order valence-corrected chi connectivity index (χ4v) is 3.25. The molecule has 2 heterocycles. The average molecular weight is 276 g/mol. The molecule has 0 amide bonds. The molecule has 0 aliphatic heterocycles. The number of thiazole rings is 1. The first kappa shape index (κ1) is 10.8. The van der Waals surface area contributed by atoms with Crippen molar-refractivity contribution in [1.82, 2.24) is 4.98 Å². The van der Waals surface area contributed by atoms with Gasteiger partial charge in [0.15, 0.2) is 3.95 Å². The third-order valence-corrected chi connectivity index (χ3v) is 4.29. The molecule has 0 aliphatic carbocycles. The molecule has 3 rings (SSSR count). The lowest BCUT2D eigenvalue weighted by atomic mass is 10.3. The van der Waals surface area contributed by atoms with Gasteiger partial charge in [-0.3, -0.25) is 4.99 Å². The van der Waals surface area contributed by atoms with Crippen molar-refractivity contribution in [1.29, 1.82) is 0 Å². The Balaban J connectivity index is 1.98. The summed E-state index contributed by atoms with van der Waals surface area (Å²) in [4.78, 5) is 8.75. The van der Waals surface area contributed by atoms with Gasteiger partial charge in [0.05, 0.1) is 15.9 Å². The van der Waals surface area contributed by atoms with Gasteiger partial charge < -0.3 is 4.98 Å². The summed E-state index contributed by atoms with van der Waals surface area (Å²) >= 11 is 8.37. The molecule has 3 aromatic rings. The minimum atomic E-state index is 0.805. The predicted octanol–water partition coefficient (Wildman–Crippen LogP) is 4.77. The van der Waals surface area contributed by atoms with Crippen LogP contribution in [-0.2, 0) is 0 Å². The lowest BCUT2D eigenvalue weighted by Crippen LogP contribution is -1.72. The van der Waals surface area contributed by atoms with Crippen molar-refractivity contribution in [3.8, 4) is 0 Å². The first-order chi connectivity index (χ1) is 8.31. The molecule has 0 bridgehead atoms. The summed E-state index contributed by atoms with van der Waals surface area (Å²) in [6, 6.07) is 10.1. The van der Waals surface area contributed by atoms with E-state index in [-0.39, 0.29) is 0 Å². The maximum atomic E-state index is 5.11. The van der Waals surface area contributed by atoms with Gasteiger partial charge in [-0.1, -0.05) is 6.07 Å². The van der Waals surface area contributed by atoms with Crippen molar-refractivity contribution >= 4 is 57.0 Å². The first-order valence-corrected chi connectivity index (χ1v) is 7.12. The van der Waals surface area contributed by atoms with Crippen molar-refractivity contribution in [2.45, 2.75) is 0 Å². The topological polar surface area (TPSA) is 28.1 Å². The van der Waals surface area contributed by atoms with E-state index in [0.717, 1.165) is 24.7 Å². The molecule has 0 saturated heterocycles. The van der Waals surface area contributed by atoms with Crippen LogP contribution in [0.1, 0.15) is 4.88 Å². The van der Waals surface area contributed by atoms with Crippen LogP contribution < -0.4 is 0 Å². The van der Waals surface area contributed by atoms with Gasteiger partial charge in [-0.15, -0.1) is 22.7 Å². The van der Waals surface area contributed by atoms with Crippen molar-refractivity contribution < 1.29 is 0 Å². The summed E-state index contributed by atoms with van der Waals surface area (Å²) in [6.07, 6.45) is 1.89. The minimum absolute atomic E-state index is 0.805. The fraction of sp³-hybridized carbons (Fsp3) is 0. The molecule has 0 unspecified atom stereocenters. The SMILES string of the molecule is S=c1[nH]c2ccc(N=Cc3cccs3)cc2s1. The molecule has 0 atom stereocenters. The fourth-order valence-electron chi connectivity index (χ4n) is 1.52. The van der Waals surface area contributed by atoms with Crippen LogP contribution in [0.2, 0.25) is 0 Å². The number of H-pyrrole nitrogens is 1. The van der Waals surface area contributed by atoms with E-state index < -0.39 is 0 Å². The molecule has 1 aromatic carbocycles. The molecule has 17 heavy (non-hydrogen) atoms. The van der Waals surface area contributed by atoms with E-state index in [1.165, 1.54) is 0 Å². The highest BCUT2D eigenvalue weighted by Crippen LogP contribution is 2.24. The Bertz CT molecular complexity index is 720. The number of benzene rings is 1. The molecule has 0 saturated carbocycles. The Morgan fingerprint density at radius 2 is 2.24 bits per heavy atom. The molecule has 0 fully saturated rings. The van der Waals surface area contributed by atoms with Crippen molar-refractivity contribution in [2.24, 2.45) is 4.99 Å². The van der Waals surface area contributed by atoms with Crippen molar-refractivity contribution in [3.63, 3.8) is 0 Å². The average Bonchev–Trinajstić information content (AvgIpc) is 2.92. The lowest BCUT2D eigenvalue weighted by molar-refractivity contribution is 1.46. The Labute approximate surface area is 111 Å². The van der Waals surface area contributed by atoms with Crippen LogP contribution >= 0.6 is 34.9 Å². The highest BCUT2D eigenvalue weighted by molar-refractivity contribution is 7.73. The Morgan fingerprint density at radius 3 is 3.06 bits per heavy atom. The van der Waals surface area contributed by atoms with Gasteiger partial charge in [0.1, 0.15) is 0 Å². The van der Waals surface area contributed by atoms with E-state index >= 15 is 0 Å². The zero-order chi connectivity index (χ0) is 11.7. The number of aliphatic imine (C=N–C) groups is 1. The smallest absolute Gasteiger partial charge is 0.159 e. The molecule has 0 spiro atoms. The van der Waals surface area contributed by atoms with Crippen LogP contribution in [-0.4, -0.2) is 11.2 Å². The molecular formula is C12H8N2S3. The summed E-state index contributed by atoms with van der Waals surface area (Å²) < 4.78 is 1.95. The summed E-state index contributed by atoms with van der Waals surface area (Å²) in [5, 5.41) is 2.04. The third-order valence-electron chi connectivity index (χ3n) is 2.29. The summed E-state index contributed by atoms with van der Waals surface area (Å²) in [6.45, 7) is 0. The van der Waals surface area contributed by atoms with E-state index in [4.69, 9.17) is 12.2 Å². The number of thiophene rings is 1. The molecule has 5 heteroatoms.